The SMILES string of the molecule is CC1CCCCN1Cc1c(O)ccc2c1O/C(=C\c1ccc(Cl)c(Cl)c1)C2=O. The summed E-state index contributed by atoms with van der Waals surface area (Å²) in [5.41, 5.74) is 1.86. The second kappa shape index (κ2) is 7.78. The van der Waals surface area contributed by atoms with Crippen LogP contribution in [0.4, 0.5) is 0 Å². The van der Waals surface area contributed by atoms with E-state index < -0.39 is 0 Å². The summed E-state index contributed by atoms with van der Waals surface area (Å²) in [6, 6.07) is 8.77. The van der Waals surface area contributed by atoms with Gasteiger partial charge in [-0.15, -0.1) is 0 Å². The molecule has 0 radical (unpaired) electrons. The summed E-state index contributed by atoms with van der Waals surface area (Å²) in [5.74, 6) is 0.621. The van der Waals surface area contributed by atoms with Crippen molar-refractivity contribution < 1.29 is 14.6 Å². The monoisotopic (exact) mass is 417 g/mol. The lowest BCUT2D eigenvalue weighted by Gasteiger charge is -2.33. The third kappa shape index (κ3) is 3.64. The zero-order valence-electron chi connectivity index (χ0n) is 15.5. The Morgan fingerprint density at radius 1 is 1.21 bits per heavy atom. The molecule has 0 saturated carbocycles. The molecule has 146 valence electrons. The van der Waals surface area contributed by atoms with E-state index in [4.69, 9.17) is 27.9 Å². The normalized spacial score (nSPS) is 21.0. The topological polar surface area (TPSA) is 49.8 Å². The van der Waals surface area contributed by atoms with Gasteiger partial charge in [0.25, 0.3) is 0 Å². The molecule has 4 rings (SSSR count). The summed E-state index contributed by atoms with van der Waals surface area (Å²) >= 11 is 12.0. The van der Waals surface area contributed by atoms with Gasteiger partial charge in [0.05, 0.1) is 21.2 Å². The Morgan fingerprint density at radius 2 is 2.04 bits per heavy atom. The maximum absolute atomic E-state index is 12.8. The second-order valence-corrected chi connectivity index (χ2v) is 8.18. The molecule has 1 fully saturated rings. The van der Waals surface area contributed by atoms with Gasteiger partial charge in [0.15, 0.2) is 5.76 Å². The molecule has 1 unspecified atom stereocenters. The fourth-order valence-corrected chi connectivity index (χ4v) is 4.11. The largest absolute Gasteiger partial charge is 0.507 e. The molecule has 6 heteroatoms. The van der Waals surface area contributed by atoms with Gasteiger partial charge in [-0.3, -0.25) is 9.69 Å². The molecular weight excluding hydrogens is 397 g/mol. The van der Waals surface area contributed by atoms with Crippen LogP contribution < -0.4 is 4.74 Å². The minimum Gasteiger partial charge on any atom is -0.507 e. The second-order valence-electron chi connectivity index (χ2n) is 7.37. The molecule has 0 amide bonds. The predicted molar refractivity (Wildman–Crippen MR) is 111 cm³/mol. The number of likely N-dealkylation sites (tertiary alicyclic amines) is 1. The Hall–Kier alpha value is -2.01. The number of rotatable bonds is 3. The molecule has 1 atom stereocenters. The molecule has 2 aliphatic heterocycles. The predicted octanol–water partition coefficient (Wildman–Crippen LogP) is 5.69. The van der Waals surface area contributed by atoms with E-state index in [1.165, 1.54) is 6.42 Å². The van der Waals surface area contributed by atoms with E-state index in [-0.39, 0.29) is 17.3 Å². The summed E-state index contributed by atoms with van der Waals surface area (Å²) in [5, 5.41) is 11.3. The van der Waals surface area contributed by atoms with Crippen molar-refractivity contribution in [3.8, 4) is 11.5 Å². The van der Waals surface area contributed by atoms with Gasteiger partial charge in [0.1, 0.15) is 11.5 Å². The number of halogens is 2. The van der Waals surface area contributed by atoms with Crippen molar-refractivity contribution >= 4 is 35.1 Å². The molecule has 2 aromatic carbocycles. The number of hydrogen-bond donors (Lipinski definition) is 1. The van der Waals surface area contributed by atoms with E-state index in [2.05, 4.69) is 11.8 Å². The van der Waals surface area contributed by atoms with Crippen LogP contribution >= 0.6 is 23.2 Å². The van der Waals surface area contributed by atoms with Crippen LogP contribution in [-0.4, -0.2) is 28.4 Å². The fraction of sp³-hybridized carbons (Fsp3) is 0.318. The standard InChI is InChI=1S/C22H21Cl2NO3/c1-13-4-2-3-9-25(13)12-16-19(26)8-6-15-21(27)20(28-22(15)16)11-14-5-7-17(23)18(24)10-14/h5-8,10-11,13,26H,2-4,9,12H2,1H3/b20-11-. The minimum atomic E-state index is -0.200. The molecule has 28 heavy (non-hydrogen) atoms. The van der Waals surface area contributed by atoms with Gasteiger partial charge in [0, 0.05) is 12.6 Å². The highest BCUT2D eigenvalue weighted by molar-refractivity contribution is 6.42. The van der Waals surface area contributed by atoms with E-state index in [1.54, 1.807) is 36.4 Å². The number of benzene rings is 2. The van der Waals surface area contributed by atoms with Crippen LogP contribution in [0.2, 0.25) is 10.0 Å². The van der Waals surface area contributed by atoms with E-state index in [0.29, 0.717) is 39.5 Å². The first-order valence-corrected chi connectivity index (χ1v) is 10.2. The Bertz CT molecular complexity index is 970. The highest BCUT2D eigenvalue weighted by Crippen LogP contribution is 2.41. The van der Waals surface area contributed by atoms with Crippen molar-refractivity contribution in [1.29, 1.82) is 0 Å². The van der Waals surface area contributed by atoms with E-state index in [1.807, 2.05) is 0 Å². The first kappa shape index (κ1) is 19.3. The molecule has 2 aliphatic rings. The number of hydrogen-bond acceptors (Lipinski definition) is 4. The van der Waals surface area contributed by atoms with E-state index >= 15 is 0 Å². The van der Waals surface area contributed by atoms with Crippen molar-refractivity contribution in [2.24, 2.45) is 0 Å². The Morgan fingerprint density at radius 3 is 2.79 bits per heavy atom. The van der Waals surface area contributed by atoms with Crippen LogP contribution in [0.3, 0.4) is 0 Å². The number of fused-ring (bicyclic) bond motifs is 1. The van der Waals surface area contributed by atoms with Crippen LogP contribution in [0.5, 0.6) is 11.5 Å². The first-order valence-electron chi connectivity index (χ1n) is 9.42. The van der Waals surface area contributed by atoms with Crippen molar-refractivity contribution in [1.82, 2.24) is 4.90 Å². The molecule has 0 bridgehead atoms. The maximum atomic E-state index is 12.8. The van der Waals surface area contributed by atoms with Crippen LogP contribution in [0, 0.1) is 0 Å². The number of aromatic hydroxyl groups is 1. The number of piperidine rings is 1. The summed E-state index contributed by atoms with van der Waals surface area (Å²) in [6.07, 6.45) is 5.15. The van der Waals surface area contributed by atoms with Gasteiger partial charge in [-0.2, -0.15) is 0 Å². The Balaban J connectivity index is 1.66. The summed E-state index contributed by atoms with van der Waals surface area (Å²) in [4.78, 5) is 15.2. The van der Waals surface area contributed by atoms with Crippen molar-refractivity contribution in [2.45, 2.75) is 38.8 Å². The lowest BCUT2D eigenvalue weighted by molar-refractivity contribution is 0.101. The minimum absolute atomic E-state index is 0.153. The average molecular weight is 418 g/mol. The number of ether oxygens (including phenoxy) is 1. The molecule has 0 aliphatic carbocycles. The van der Waals surface area contributed by atoms with Crippen molar-refractivity contribution in [3.63, 3.8) is 0 Å². The summed E-state index contributed by atoms with van der Waals surface area (Å²) in [7, 11) is 0. The number of phenolic OH excluding ortho intramolecular Hbond substituents is 1. The van der Waals surface area contributed by atoms with Gasteiger partial charge in [-0.05, 0) is 62.2 Å². The number of nitrogens with zero attached hydrogens (tertiary/aromatic N) is 1. The molecule has 0 aromatic heterocycles. The number of Topliss-reactive ketones (excluding diaryl/α,β-unsaturated/α-hetero) is 1. The summed E-state index contributed by atoms with van der Waals surface area (Å²) < 4.78 is 5.93. The molecule has 1 saturated heterocycles. The number of carbonyl (C=O) groups is 1. The lowest BCUT2D eigenvalue weighted by atomic mass is 10.0. The quantitative estimate of drug-likeness (QED) is 0.651. The lowest BCUT2D eigenvalue weighted by Crippen LogP contribution is -2.36. The van der Waals surface area contributed by atoms with Gasteiger partial charge >= 0.3 is 0 Å². The van der Waals surface area contributed by atoms with Crippen LogP contribution in [0.1, 0.15) is 47.7 Å². The molecule has 2 aromatic rings. The van der Waals surface area contributed by atoms with Crippen LogP contribution in [0.15, 0.2) is 36.1 Å². The number of carbonyl (C=O) groups excluding carboxylic acids is 1. The van der Waals surface area contributed by atoms with Crippen LogP contribution in [0.25, 0.3) is 6.08 Å². The number of ketones is 1. The Kier molecular flexibility index (Phi) is 5.37. The van der Waals surface area contributed by atoms with Gasteiger partial charge in [-0.25, -0.2) is 0 Å². The number of phenols is 1. The van der Waals surface area contributed by atoms with Gasteiger partial charge in [0.2, 0.25) is 5.78 Å². The Labute approximate surface area is 174 Å². The van der Waals surface area contributed by atoms with E-state index in [9.17, 15) is 9.90 Å². The van der Waals surface area contributed by atoms with Gasteiger partial charge < -0.3 is 9.84 Å². The molecule has 4 nitrogen and oxygen atoms in total. The third-order valence-corrected chi connectivity index (χ3v) is 6.20. The highest BCUT2D eigenvalue weighted by Gasteiger charge is 2.32. The first-order chi connectivity index (χ1) is 13.4. The smallest absolute Gasteiger partial charge is 0.231 e. The number of allylic oxidation sites excluding steroid dienone is 1. The fourth-order valence-electron chi connectivity index (χ4n) is 3.80. The molecule has 2 heterocycles. The highest BCUT2D eigenvalue weighted by atomic mass is 35.5. The maximum Gasteiger partial charge on any atom is 0.231 e. The molecule has 0 spiro atoms. The third-order valence-electron chi connectivity index (χ3n) is 5.46. The zero-order chi connectivity index (χ0) is 19.8. The molecular formula is C22H21Cl2NO3. The zero-order valence-corrected chi connectivity index (χ0v) is 17.1. The van der Waals surface area contributed by atoms with Crippen LogP contribution in [-0.2, 0) is 6.54 Å². The van der Waals surface area contributed by atoms with Crippen molar-refractivity contribution in [3.05, 3.63) is 62.8 Å². The van der Waals surface area contributed by atoms with E-state index in [0.717, 1.165) is 24.9 Å². The van der Waals surface area contributed by atoms with Gasteiger partial charge in [-0.1, -0.05) is 35.7 Å². The summed E-state index contributed by atoms with van der Waals surface area (Å²) in [6.45, 7) is 3.73. The van der Waals surface area contributed by atoms with Crippen molar-refractivity contribution in [2.75, 3.05) is 6.54 Å². The molecule has 1 N–H and O–H groups in total. The average Bonchev–Trinajstić information content (AvgIpc) is 2.98.